The summed E-state index contributed by atoms with van der Waals surface area (Å²) < 4.78 is 0. The maximum Gasteiger partial charge on any atom is 0.319 e. The van der Waals surface area contributed by atoms with Gasteiger partial charge in [-0.05, 0) is 44.0 Å². The zero-order valence-electron chi connectivity index (χ0n) is 13.1. The number of urea groups is 1. The minimum atomic E-state index is -0.130. The Bertz CT molecular complexity index is 486. The maximum atomic E-state index is 11.9. The molecule has 1 heterocycles. The van der Waals surface area contributed by atoms with Gasteiger partial charge in [0.05, 0.1) is 0 Å². The largest absolute Gasteiger partial charge is 0.370 e. The highest BCUT2D eigenvalue weighted by molar-refractivity contribution is 7.99. The van der Waals surface area contributed by atoms with Crippen LogP contribution in [0, 0.1) is 6.92 Å². The number of hydrogen-bond donors (Lipinski definition) is 2. The molecule has 2 rings (SSSR count). The number of amides is 2. The van der Waals surface area contributed by atoms with E-state index in [0.29, 0.717) is 0 Å². The average molecular weight is 307 g/mol. The molecule has 116 valence electrons. The first-order valence-corrected chi connectivity index (χ1v) is 8.76. The third kappa shape index (κ3) is 4.56. The third-order valence-electron chi connectivity index (χ3n) is 3.82. The van der Waals surface area contributed by atoms with Crippen molar-refractivity contribution in [1.29, 1.82) is 0 Å². The van der Waals surface area contributed by atoms with E-state index in [1.165, 1.54) is 17.2 Å². The van der Waals surface area contributed by atoms with E-state index >= 15 is 0 Å². The first-order valence-electron chi connectivity index (χ1n) is 7.61. The summed E-state index contributed by atoms with van der Waals surface area (Å²) in [6, 6.07) is 6.32. The van der Waals surface area contributed by atoms with Gasteiger partial charge >= 0.3 is 6.03 Å². The molecule has 0 aromatic heterocycles. The van der Waals surface area contributed by atoms with E-state index in [0.717, 1.165) is 30.8 Å². The quantitative estimate of drug-likeness (QED) is 0.895. The summed E-state index contributed by atoms with van der Waals surface area (Å²) in [5, 5.41) is 5.85. The van der Waals surface area contributed by atoms with Crippen LogP contribution in [0.5, 0.6) is 0 Å². The van der Waals surface area contributed by atoms with Crippen molar-refractivity contribution in [2.45, 2.75) is 33.2 Å². The minimum absolute atomic E-state index is 0.130. The predicted molar refractivity (Wildman–Crippen MR) is 92.6 cm³/mol. The number of nitrogens with one attached hydrogen (secondary N) is 2. The summed E-state index contributed by atoms with van der Waals surface area (Å²) in [7, 11) is 0. The SMILES string of the molecule is CC[C@H](C)NC(=O)Nc1ccc(N2CCSCC2)cc1C. The van der Waals surface area contributed by atoms with Gasteiger partial charge in [0.25, 0.3) is 0 Å². The van der Waals surface area contributed by atoms with Crippen molar-refractivity contribution >= 4 is 29.2 Å². The second kappa shape index (κ2) is 7.59. The fourth-order valence-corrected chi connectivity index (χ4v) is 3.19. The van der Waals surface area contributed by atoms with Gasteiger partial charge in [0.1, 0.15) is 0 Å². The van der Waals surface area contributed by atoms with E-state index in [2.05, 4.69) is 34.6 Å². The van der Waals surface area contributed by atoms with Gasteiger partial charge in [-0.15, -0.1) is 0 Å². The van der Waals surface area contributed by atoms with Crippen LogP contribution in [-0.2, 0) is 0 Å². The number of thioether (sulfide) groups is 1. The number of hydrogen-bond acceptors (Lipinski definition) is 3. The molecule has 2 amide bonds. The van der Waals surface area contributed by atoms with Crippen molar-refractivity contribution in [3.63, 3.8) is 0 Å². The topological polar surface area (TPSA) is 44.4 Å². The van der Waals surface area contributed by atoms with Crippen molar-refractivity contribution in [3.8, 4) is 0 Å². The van der Waals surface area contributed by atoms with Crippen LogP contribution in [0.4, 0.5) is 16.2 Å². The van der Waals surface area contributed by atoms with E-state index in [9.17, 15) is 4.79 Å². The monoisotopic (exact) mass is 307 g/mol. The minimum Gasteiger partial charge on any atom is -0.370 e. The zero-order chi connectivity index (χ0) is 15.2. The Morgan fingerprint density at radius 1 is 1.38 bits per heavy atom. The molecule has 1 aliphatic heterocycles. The summed E-state index contributed by atoms with van der Waals surface area (Å²) in [5.74, 6) is 2.38. The Balaban J connectivity index is 2.00. The van der Waals surface area contributed by atoms with Crippen molar-refractivity contribution in [1.82, 2.24) is 5.32 Å². The number of benzene rings is 1. The highest BCUT2D eigenvalue weighted by atomic mass is 32.2. The van der Waals surface area contributed by atoms with Gasteiger partial charge in [-0.3, -0.25) is 0 Å². The fraction of sp³-hybridized carbons (Fsp3) is 0.562. The van der Waals surface area contributed by atoms with E-state index in [1.807, 2.05) is 31.7 Å². The highest BCUT2D eigenvalue weighted by Gasteiger charge is 2.13. The number of anilines is 2. The lowest BCUT2D eigenvalue weighted by atomic mass is 10.1. The smallest absolute Gasteiger partial charge is 0.319 e. The number of rotatable bonds is 4. The Kier molecular flexibility index (Phi) is 5.79. The van der Waals surface area contributed by atoms with Gasteiger partial charge < -0.3 is 15.5 Å². The van der Waals surface area contributed by atoms with Crippen molar-refractivity contribution < 1.29 is 4.79 Å². The summed E-state index contributed by atoms with van der Waals surface area (Å²) in [6.07, 6.45) is 0.929. The second-order valence-electron chi connectivity index (χ2n) is 5.51. The van der Waals surface area contributed by atoms with E-state index in [1.54, 1.807) is 0 Å². The molecule has 0 spiro atoms. The zero-order valence-corrected chi connectivity index (χ0v) is 13.9. The molecule has 21 heavy (non-hydrogen) atoms. The Morgan fingerprint density at radius 2 is 2.10 bits per heavy atom. The van der Waals surface area contributed by atoms with Crippen LogP contribution >= 0.6 is 11.8 Å². The van der Waals surface area contributed by atoms with E-state index in [-0.39, 0.29) is 12.1 Å². The van der Waals surface area contributed by atoms with Crippen molar-refractivity contribution in [2.24, 2.45) is 0 Å². The fourth-order valence-electron chi connectivity index (χ4n) is 2.29. The first-order chi connectivity index (χ1) is 10.1. The van der Waals surface area contributed by atoms with Crippen molar-refractivity contribution in [2.75, 3.05) is 34.8 Å². The molecular weight excluding hydrogens is 282 g/mol. The molecule has 5 heteroatoms. The summed E-state index contributed by atoms with van der Waals surface area (Å²) >= 11 is 2.01. The maximum absolute atomic E-state index is 11.9. The van der Waals surface area contributed by atoms with Crippen LogP contribution in [0.3, 0.4) is 0 Å². The van der Waals surface area contributed by atoms with Gasteiger partial charge in [-0.1, -0.05) is 6.92 Å². The predicted octanol–water partition coefficient (Wildman–Crippen LogP) is 3.47. The summed E-state index contributed by atoms with van der Waals surface area (Å²) in [6.45, 7) is 8.31. The third-order valence-corrected chi connectivity index (χ3v) is 4.77. The van der Waals surface area contributed by atoms with Crippen LogP contribution in [0.2, 0.25) is 0 Å². The Morgan fingerprint density at radius 3 is 2.71 bits per heavy atom. The van der Waals surface area contributed by atoms with Gasteiger partial charge in [0, 0.05) is 42.0 Å². The number of carbonyl (C=O) groups excluding carboxylic acids is 1. The van der Waals surface area contributed by atoms with E-state index in [4.69, 9.17) is 0 Å². The standard InChI is InChI=1S/C16H25N3OS/c1-4-13(3)17-16(20)18-15-6-5-14(11-12(15)2)19-7-9-21-10-8-19/h5-6,11,13H,4,7-10H2,1-3H3,(H2,17,18,20)/t13-/m0/s1. The van der Waals surface area contributed by atoms with Crippen LogP contribution in [0.15, 0.2) is 18.2 Å². The molecule has 0 radical (unpaired) electrons. The Hall–Kier alpha value is -1.36. The molecular formula is C16H25N3OS. The van der Waals surface area contributed by atoms with Gasteiger partial charge in [0.2, 0.25) is 0 Å². The Labute approximate surface area is 131 Å². The molecule has 0 unspecified atom stereocenters. The number of aryl methyl sites for hydroxylation is 1. The van der Waals surface area contributed by atoms with Crippen molar-refractivity contribution in [3.05, 3.63) is 23.8 Å². The molecule has 1 aromatic carbocycles. The summed E-state index contributed by atoms with van der Waals surface area (Å²) in [5.41, 5.74) is 3.23. The molecule has 1 aromatic rings. The lowest BCUT2D eigenvalue weighted by Crippen LogP contribution is -2.35. The van der Waals surface area contributed by atoms with Crippen LogP contribution < -0.4 is 15.5 Å². The van der Waals surface area contributed by atoms with E-state index < -0.39 is 0 Å². The molecule has 1 fully saturated rings. The molecule has 0 bridgehead atoms. The molecule has 1 saturated heterocycles. The van der Waals surface area contributed by atoms with Gasteiger partial charge in [-0.2, -0.15) is 11.8 Å². The van der Waals surface area contributed by atoms with Gasteiger partial charge in [0.15, 0.2) is 0 Å². The lowest BCUT2D eigenvalue weighted by Gasteiger charge is -2.29. The molecule has 0 saturated carbocycles. The van der Waals surface area contributed by atoms with Gasteiger partial charge in [-0.25, -0.2) is 4.79 Å². The second-order valence-corrected chi connectivity index (χ2v) is 6.73. The molecule has 4 nitrogen and oxygen atoms in total. The van der Waals surface area contributed by atoms with Crippen LogP contribution in [0.25, 0.3) is 0 Å². The van der Waals surface area contributed by atoms with Crippen LogP contribution in [0.1, 0.15) is 25.8 Å². The average Bonchev–Trinajstić information content (AvgIpc) is 2.50. The molecule has 2 N–H and O–H groups in total. The normalized spacial score (nSPS) is 16.4. The molecule has 1 atom stereocenters. The number of nitrogens with zero attached hydrogens (tertiary/aromatic N) is 1. The molecule has 1 aliphatic rings. The lowest BCUT2D eigenvalue weighted by molar-refractivity contribution is 0.249. The summed E-state index contributed by atoms with van der Waals surface area (Å²) in [4.78, 5) is 14.3. The van der Waals surface area contributed by atoms with Crippen LogP contribution in [-0.4, -0.2) is 36.7 Å². The highest BCUT2D eigenvalue weighted by Crippen LogP contribution is 2.24. The molecule has 0 aliphatic carbocycles. The number of carbonyl (C=O) groups is 1. The first kappa shape index (κ1) is 16.0.